The minimum atomic E-state index is 0. The first-order valence-corrected chi connectivity index (χ1v) is 8.97. The third kappa shape index (κ3) is 21.8. The normalized spacial score (nSPS) is 20.2. The summed E-state index contributed by atoms with van der Waals surface area (Å²) in [5.74, 6) is 1.04. The van der Waals surface area contributed by atoms with Gasteiger partial charge in [0.05, 0.1) is 0 Å². The van der Waals surface area contributed by atoms with Crippen LogP contribution in [0.15, 0.2) is 0 Å². The number of ether oxygens (including phenoxy) is 1. The molecule has 3 fully saturated rings. The van der Waals surface area contributed by atoms with Gasteiger partial charge >= 0.3 is 0 Å². The zero-order valence-electron chi connectivity index (χ0n) is 14.5. The summed E-state index contributed by atoms with van der Waals surface area (Å²) in [6, 6.07) is 0. The van der Waals surface area contributed by atoms with Crippen molar-refractivity contribution in [3.05, 3.63) is 0 Å². The van der Waals surface area contributed by atoms with E-state index in [0.717, 1.165) is 19.1 Å². The van der Waals surface area contributed by atoms with Crippen LogP contribution >= 0.6 is 0 Å². The molecule has 2 saturated carbocycles. The van der Waals surface area contributed by atoms with Gasteiger partial charge in [0.2, 0.25) is 0 Å². The molecule has 1 saturated heterocycles. The van der Waals surface area contributed by atoms with Gasteiger partial charge in [-0.1, -0.05) is 85.0 Å². The highest BCUT2D eigenvalue weighted by molar-refractivity contribution is 4.59. The molecule has 0 bridgehead atoms. The Labute approximate surface area is 143 Å². The Morgan fingerprint density at radius 3 is 1.00 bits per heavy atom. The SMILES string of the molecule is C.C1CCCCC1.C1CCOCC1.CC1CCCCC1.F.F.F. The predicted octanol–water partition coefficient (Wildman–Crippen LogP) is 7.21. The van der Waals surface area contributed by atoms with E-state index in [2.05, 4.69) is 6.92 Å². The van der Waals surface area contributed by atoms with E-state index in [-0.39, 0.29) is 21.5 Å². The maximum Gasteiger partial charge on any atom is 0.0466 e. The van der Waals surface area contributed by atoms with E-state index in [1.165, 1.54) is 89.9 Å². The van der Waals surface area contributed by atoms with Crippen LogP contribution in [0.1, 0.15) is 104 Å². The summed E-state index contributed by atoms with van der Waals surface area (Å²) in [6.45, 7) is 4.36. The molecule has 3 aliphatic rings. The van der Waals surface area contributed by atoms with E-state index in [1.54, 1.807) is 0 Å². The summed E-state index contributed by atoms with van der Waals surface area (Å²) in [6.07, 6.45) is 20.4. The Hall–Kier alpha value is -0.250. The van der Waals surface area contributed by atoms with Crippen molar-refractivity contribution in [2.45, 2.75) is 104 Å². The highest BCUT2D eigenvalue weighted by Crippen LogP contribution is 2.22. The van der Waals surface area contributed by atoms with Gasteiger partial charge < -0.3 is 4.74 Å². The Bertz CT molecular complexity index is 142. The molecular formula is C19H43F3O. The molecule has 146 valence electrons. The quantitative estimate of drug-likeness (QED) is 0.451. The van der Waals surface area contributed by atoms with E-state index in [1.807, 2.05) is 0 Å². The second-order valence-electron chi connectivity index (χ2n) is 6.54. The summed E-state index contributed by atoms with van der Waals surface area (Å²) in [5, 5.41) is 0. The Morgan fingerprint density at radius 1 is 0.522 bits per heavy atom. The molecule has 0 radical (unpaired) electrons. The molecule has 0 aromatic rings. The second-order valence-corrected chi connectivity index (χ2v) is 6.54. The molecular weight excluding hydrogens is 301 g/mol. The highest BCUT2D eigenvalue weighted by Gasteiger charge is 2.05. The van der Waals surface area contributed by atoms with Gasteiger partial charge in [0, 0.05) is 13.2 Å². The minimum Gasteiger partial charge on any atom is -0.381 e. The average Bonchev–Trinajstić information content (AvgIpc) is 2.53. The minimum absolute atomic E-state index is 0. The van der Waals surface area contributed by atoms with Crippen molar-refractivity contribution >= 4 is 0 Å². The van der Waals surface area contributed by atoms with Crippen molar-refractivity contribution in [2.24, 2.45) is 5.92 Å². The van der Waals surface area contributed by atoms with Gasteiger partial charge in [-0.2, -0.15) is 0 Å². The van der Waals surface area contributed by atoms with Crippen molar-refractivity contribution in [1.82, 2.24) is 0 Å². The molecule has 0 aromatic heterocycles. The maximum absolute atomic E-state index is 5.07. The molecule has 2 aliphatic carbocycles. The average molecular weight is 345 g/mol. The van der Waals surface area contributed by atoms with Gasteiger partial charge in [-0.3, -0.25) is 14.1 Å². The number of halogens is 3. The molecule has 3 rings (SSSR count). The molecule has 0 atom stereocenters. The van der Waals surface area contributed by atoms with E-state index in [9.17, 15) is 0 Å². The smallest absolute Gasteiger partial charge is 0.0466 e. The monoisotopic (exact) mass is 344 g/mol. The van der Waals surface area contributed by atoms with Crippen LogP contribution in [0.25, 0.3) is 0 Å². The van der Waals surface area contributed by atoms with Crippen molar-refractivity contribution in [2.75, 3.05) is 13.2 Å². The third-order valence-electron chi connectivity index (χ3n) is 4.47. The summed E-state index contributed by atoms with van der Waals surface area (Å²) < 4.78 is 5.07. The van der Waals surface area contributed by atoms with Gasteiger partial charge in [0.25, 0.3) is 0 Å². The fourth-order valence-electron chi connectivity index (χ4n) is 3.05. The van der Waals surface area contributed by atoms with Gasteiger partial charge in [0.15, 0.2) is 0 Å². The van der Waals surface area contributed by atoms with Gasteiger partial charge in [-0.15, -0.1) is 0 Å². The zero-order valence-corrected chi connectivity index (χ0v) is 14.5. The maximum atomic E-state index is 5.07. The van der Waals surface area contributed by atoms with E-state index in [4.69, 9.17) is 4.74 Å². The molecule has 0 N–H and O–H groups in total. The molecule has 1 heterocycles. The van der Waals surface area contributed by atoms with Crippen LogP contribution in [0, 0.1) is 5.92 Å². The molecule has 0 amide bonds. The van der Waals surface area contributed by atoms with Crippen LogP contribution in [-0.2, 0) is 4.74 Å². The lowest BCUT2D eigenvalue weighted by atomic mass is 9.91. The van der Waals surface area contributed by atoms with Crippen molar-refractivity contribution in [3.8, 4) is 0 Å². The van der Waals surface area contributed by atoms with E-state index < -0.39 is 0 Å². The lowest BCUT2D eigenvalue weighted by Crippen LogP contribution is -2.03. The Kier molecular flexibility index (Phi) is 32.0. The molecule has 1 aliphatic heterocycles. The molecule has 23 heavy (non-hydrogen) atoms. The van der Waals surface area contributed by atoms with Gasteiger partial charge in [-0.05, 0) is 25.2 Å². The number of rotatable bonds is 0. The summed E-state index contributed by atoms with van der Waals surface area (Å²) in [7, 11) is 0. The molecule has 0 aromatic carbocycles. The molecule has 1 nitrogen and oxygen atoms in total. The van der Waals surface area contributed by atoms with Crippen LogP contribution < -0.4 is 0 Å². The lowest BCUT2D eigenvalue weighted by molar-refractivity contribution is 0.0968. The summed E-state index contributed by atoms with van der Waals surface area (Å²) in [4.78, 5) is 0. The Morgan fingerprint density at radius 2 is 0.826 bits per heavy atom. The molecule has 0 unspecified atom stereocenters. The topological polar surface area (TPSA) is 9.23 Å². The molecule has 4 heteroatoms. The van der Waals surface area contributed by atoms with Crippen LogP contribution in [-0.4, -0.2) is 13.2 Å². The molecule has 0 spiro atoms. The summed E-state index contributed by atoms with van der Waals surface area (Å²) in [5.41, 5.74) is 0. The van der Waals surface area contributed by atoms with E-state index in [0.29, 0.717) is 0 Å². The highest BCUT2D eigenvalue weighted by atomic mass is 19.0. The van der Waals surface area contributed by atoms with E-state index >= 15 is 0 Å². The van der Waals surface area contributed by atoms with Crippen molar-refractivity contribution < 1.29 is 18.9 Å². The second kappa shape index (κ2) is 24.0. The fourth-order valence-corrected chi connectivity index (χ4v) is 3.05. The fraction of sp³-hybridized carbons (Fsp3) is 1.00. The first-order valence-electron chi connectivity index (χ1n) is 8.97. The first kappa shape index (κ1) is 30.6. The van der Waals surface area contributed by atoms with Crippen LogP contribution in [0.5, 0.6) is 0 Å². The zero-order chi connectivity index (χ0) is 13.6. The predicted molar refractivity (Wildman–Crippen MR) is 98.9 cm³/mol. The first-order chi connectivity index (χ1) is 9.39. The number of hydrogen-bond donors (Lipinski definition) is 0. The van der Waals surface area contributed by atoms with Gasteiger partial charge in [-0.25, -0.2) is 0 Å². The Balaban J connectivity index is -0.000000109. The number of hydrogen-bond acceptors (Lipinski definition) is 1. The van der Waals surface area contributed by atoms with Gasteiger partial charge in [0.1, 0.15) is 0 Å². The standard InChI is InChI=1S/C7H14.C6H12.C5H10O.CH4.3FH/c1-7-5-3-2-4-6-7;2*1-2-4-6-5-3-1;;;;/h7H,2-6H2,1H3;1-6H2;1-5H2;1H4;3*1H. The van der Waals surface area contributed by atoms with Crippen molar-refractivity contribution in [1.29, 1.82) is 0 Å². The van der Waals surface area contributed by atoms with Crippen molar-refractivity contribution in [3.63, 3.8) is 0 Å². The van der Waals surface area contributed by atoms with Crippen LogP contribution in [0.3, 0.4) is 0 Å². The largest absolute Gasteiger partial charge is 0.381 e. The third-order valence-corrected chi connectivity index (χ3v) is 4.47. The lowest BCUT2D eigenvalue weighted by Gasteiger charge is -2.15. The van der Waals surface area contributed by atoms with Crippen LogP contribution in [0.2, 0.25) is 0 Å². The summed E-state index contributed by atoms with van der Waals surface area (Å²) >= 11 is 0. The van der Waals surface area contributed by atoms with Crippen LogP contribution in [0.4, 0.5) is 14.1 Å².